The molecule has 0 atom stereocenters. The molecule has 1 aliphatic heterocycles. The number of fused-ring (bicyclic) bond motifs is 4. The summed E-state index contributed by atoms with van der Waals surface area (Å²) >= 11 is 6.30. The third-order valence-corrected chi connectivity index (χ3v) is 6.69. The number of nitrogens with zero attached hydrogens (tertiary/aromatic N) is 6. The molecule has 0 bridgehead atoms. The van der Waals surface area contributed by atoms with Crippen LogP contribution in [-0.4, -0.2) is 47.2 Å². The van der Waals surface area contributed by atoms with E-state index in [9.17, 15) is 9.59 Å². The molecule has 4 aromatic heterocycles. The fourth-order valence-electron chi connectivity index (χ4n) is 4.64. The largest absolute Gasteiger partial charge is 0.354 e. The Morgan fingerprint density at radius 3 is 2.83 bits per heavy atom. The molecule has 6 rings (SSSR count). The lowest BCUT2D eigenvalue weighted by molar-refractivity contribution is 0.0958. The average Bonchev–Trinajstić information content (AvgIpc) is 3.54. The van der Waals surface area contributed by atoms with Gasteiger partial charge in [-0.05, 0) is 25.1 Å². The first kappa shape index (κ1) is 22.4. The Bertz CT molecular complexity index is 1730. The molecule has 10 nitrogen and oxygen atoms in total. The van der Waals surface area contributed by atoms with Crippen LogP contribution in [0.25, 0.3) is 22.2 Å². The molecular formula is C24H20ClFN8O2. The molecule has 1 aliphatic rings. The maximum Gasteiger partial charge on any atom is 0.274 e. The Morgan fingerprint density at radius 2 is 2.08 bits per heavy atom. The molecule has 0 radical (unpaired) electrons. The van der Waals surface area contributed by atoms with E-state index in [1.165, 1.54) is 11.6 Å². The summed E-state index contributed by atoms with van der Waals surface area (Å²) in [5.41, 5.74) is 4.51. The molecule has 0 saturated carbocycles. The summed E-state index contributed by atoms with van der Waals surface area (Å²) in [5, 5.41) is 11.5. The van der Waals surface area contributed by atoms with Crippen molar-refractivity contribution in [1.29, 1.82) is 0 Å². The van der Waals surface area contributed by atoms with E-state index in [1.54, 1.807) is 42.1 Å². The van der Waals surface area contributed by atoms with Crippen LogP contribution in [0.3, 0.4) is 0 Å². The third kappa shape index (κ3) is 3.47. The van der Waals surface area contributed by atoms with Crippen LogP contribution < -0.4 is 10.9 Å². The first-order chi connectivity index (χ1) is 17.3. The van der Waals surface area contributed by atoms with Crippen molar-refractivity contribution in [2.75, 3.05) is 7.05 Å². The standard InChI is InChI=1S/C24H20ClFN8O2/c1-12-7-28-34-17-5-3-13(19(26)20(17)30-24(36)21(12)34)8-32-9-14-10-33(31-16(14)11-32)18-6-4-15(23(35)27-2)29-22(18)25/h3-7,10H,8-9,11H2,1-2H3,(H,27,35)(H,30,36). The normalized spacial score (nSPS) is 13.6. The highest BCUT2D eigenvalue weighted by molar-refractivity contribution is 6.31. The smallest absolute Gasteiger partial charge is 0.274 e. The van der Waals surface area contributed by atoms with Gasteiger partial charge in [0.25, 0.3) is 11.5 Å². The molecule has 2 N–H and O–H groups in total. The van der Waals surface area contributed by atoms with Crippen LogP contribution in [-0.2, 0) is 19.6 Å². The van der Waals surface area contributed by atoms with Gasteiger partial charge in [0.1, 0.15) is 22.4 Å². The molecule has 36 heavy (non-hydrogen) atoms. The number of benzene rings is 1. The van der Waals surface area contributed by atoms with Gasteiger partial charge in [0.05, 0.1) is 17.4 Å². The van der Waals surface area contributed by atoms with Crippen LogP contribution in [0.5, 0.6) is 0 Å². The number of amides is 1. The molecule has 12 heteroatoms. The number of nitrogens with one attached hydrogen (secondary N) is 2. The van der Waals surface area contributed by atoms with Crippen LogP contribution >= 0.6 is 11.6 Å². The zero-order valence-corrected chi connectivity index (χ0v) is 20.1. The van der Waals surface area contributed by atoms with Crippen molar-refractivity contribution in [3.8, 4) is 5.69 Å². The molecule has 0 unspecified atom stereocenters. The highest BCUT2D eigenvalue weighted by atomic mass is 35.5. The second-order valence-electron chi connectivity index (χ2n) is 8.75. The minimum atomic E-state index is -0.469. The number of carbonyl (C=O) groups excluding carboxylic acids is 1. The number of aromatic amines is 1. The number of hydrogen-bond donors (Lipinski definition) is 2. The van der Waals surface area contributed by atoms with Gasteiger partial charge >= 0.3 is 0 Å². The Kier molecular flexibility index (Phi) is 5.13. The molecule has 0 saturated heterocycles. The lowest BCUT2D eigenvalue weighted by atomic mass is 10.1. The quantitative estimate of drug-likeness (QED) is 0.362. The SMILES string of the molecule is CNC(=O)c1ccc(-n2cc3c(n2)CN(Cc2ccc4c([nH]c(=O)c5c(C)cnn54)c2F)C3)c(Cl)n1. The van der Waals surface area contributed by atoms with Crippen molar-refractivity contribution in [3.05, 3.63) is 86.1 Å². The van der Waals surface area contributed by atoms with Crippen molar-refractivity contribution in [3.63, 3.8) is 0 Å². The number of halogens is 2. The Labute approximate surface area is 208 Å². The summed E-state index contributed by atoms with van der Waals surface area (Å²) in [5.74, 6) is -0.792. The number of rotatable bonds is 4. The van der Waals surface area contributed by atoms with Crippen molar-refractivity contribution in [2.24, 2.45) is 0 Å². The Balaban J connectivity index is 1.24. The number of hydrogen-bond acceptors (Lipinski definition) is 6. The number of pyridine rings is 1. The van der Waals surface area contributed by atoms with Gasteiger partial charge in [0, 0.05) is 49.6 Å². The first-order valence-corrected chi connectivity index (χ1v) is 11.6. The second-order valence-corrected chi connectivity index (χ2v) is 9.11. The van der Waals surface area contributed by atoms with Gasteiger partial charge in [-0.15, -0.1) is 0 Å². The minimum Gasteiger partial charge on any atom is -0.354 e. The van der Waals surface area contributed by atoms with Gasteiger partial charge in [0.2, 0.25) is 0 Å². The van der Waals surface area contributed by atoms with Crippen LogP contribution in [0.1, 0.15) is 32.9 Å². The second kappa shape index (κ2) is 8.25. The molecule has 5 heterocycles. The zero-order chi connectivity index (χ0) is 25.1. The Hall–Kier alpha value is -4.09. The van der Waals surface area contributed by atoms with Gasteiger partial charge in [-0.3, -0.25) is 14.5 Å². The molecule has 5 aromatic rings. The lowest BCUT2D eigenvalue weighted by Gasteiger charge is -2.16. The van der Waals surface area contributed by atoms with E-state index < -0.39 is 5.82 Å². The Morgan fingerprint density at radius 1 is 1.25 bits per heavy atom. The van der Waals surface area contributed by atoms with Crippen molar-refractivity contribution >= 4 is 34.1 Å². The van der Waals surface area contributed by atoms with Crippen LogP contribution in [0.4, 0.5) is 4.39 Å². The number of carbonyl (C=O) groups is 1. The summed E-state index contributed by atoms with van der Waals surface area (Å²) < 4.78 is 18.5. The molecule has 1 amide bonds. The maximum atomic E-state index is 15.4. The third-order valence-electron chi connectivity index (χ3n) is 6.41. The van der Waals surface area contributed by atoms with E-state index in [1.807, 2.05) is 6.20 Å². The van der Waals surface area contributed by atoms with Gasteiger partial charge in [0.15, 0.2) is 11.0 Å². The van der Waals surface area contributed by atoms with E-state index in [4.69, 9.17) is 11.6 Å². The van der Waals surface area contributed by atoms with E-state index in [2.05, 4.69) is 30.4 Å². The first-order valence-electron chi connectivity index (χ1n) is 11.2. The molecular weight excluding hydrogens is 487 g/mol. The highest BCUT2D eigenvalue weighted by Crippen LogP contribution is 2.28. The molecule has 0 fully saturated rings. The van der Waals surface area contributed by atoms with E-state index in [-0.39, 0.29) is 27.8 Å². The molecule has 182 valence electrons. The van der Waals surface area contributed by atoms with Crippen molar-refractivity contribution < 1.29 is 9.18 Å². The molecule has 0 spiro atoms. The fraction of sp³-hybridized carbons (Fsp3) is 0.208. The summed E-state index contributed by atoms with van der Waals surface area (Å²) in [7, 11) is 1.53. The lowest BCUT2D eigenvalue weighted by Crippen LogP contribution is -2.20. The summed E-state index contributed by atoms with van der Waals surface area (Å²) in [4.78, 5) is 33.2. The summed E-state index contributed by atoms with van der Waals surface area (Å²) in [6, 6.07) is 6.78. The summed E-state index contributed by atoms with van der Waals surface area (Å²) in [6.45, 7) is 3.23. The minimum absolute atomic E-state index is 0.137. The molecule has 1 aromatic carbocycles. The van der Waals surface area contributed by atoms with Gasteiger partial charge in [-0.2, -0.15) is 10.2 Å². The monoisotopic (exact) mass is 506 g/mol. The van der Waals surface area contributed by atoms with E-state index in [0.29, 0.717) is 41.9 Å². The highest BCUT2D eigenvalue weighted by Gasteiger charge is 2.25. The predicted molar refractivity (Wildman–Crippen MR) is 131 cm³/mol. The van der Waals surface area contributed by atoms with Crippen LogP contribution in [0, 0.1) is 12.7 Å². The van der Waals surface area contributed by atoms with Gasteiger partial charge in [-0.25, -0.2) is 18.6 Å². The van der Waals surface area contributed by atoms with Gasteiger partial charge in [-0.1, -0.05) is 17.7 Å². The topological polar surface area (TPSA) is 113 Å². The average molecular weight is 507 g/mol. The van der Waals surface area contributed by atoms with Crippen LogP contribution in [0.15, 0.2) is 41.5 Å². The van der Waals surface area contributed by atoms with E-state index >= 15 is 4.39 Å². The van der Waals surface area contributed by atoms with Crippen molar-refractivity contribution in [1.82, 2.24) is 39.6 Å². The fourth-order valence-corrected chi connectivity index (χ4v) is 4.88. The number of aryl methyl sites for hydroxylation is 1. The van der Waals surface area contributed by atoms with E-state index in [0.717, 1.165) is 16.8 Å². The van der Waals surface area contributed by atoms with Crippen molar-refractivity contribution in [2.45, 2.75) is 26.6 Å². The zero-order valence-electron chi connectivity index (χ0n) is 19.3. The molecule has 0 aliphatic carbocycles. The van der Waals surface area contributed by atoms with Crippen LogP contribution in [0.2, 0.25) is 5.15 Å². The number of aromatic nitrogens is 6. The maximum absolute atomic E-state index is 15.4. The summed E-state index contributed by atoms with van der Waals surface area (Å²) in [6.07, 6.45) is 3.46. The number of H-pyrrole nitrogens is 1. The van der Waals surface area contributed by atoms with Gasteiger partial charge < -0.3 is 10.3 Å². The predicted octanol–water partition coefficient (Wildman–Crippen LogP) is 2.73.